The lowest BCUT2D eigenvalue weighted by molar-refractivity contribution is -0.120. The molecule has 0 bridgehead atoms. The molecule has 7 heteroatoms. The van der Waals surface area contributed by atoms with Gasteiger partial charge in [-0.1, -0.05) is 56.1 Å². The quantitative estimate of drug-likeness (QED) is 0.432. The number of aromatic nitrogens is 3. The van der Waals surface area contributed by atoms with Gasteiger partial charge in [0.05, 0.1) is 12.2 Å². The number of halogens is 1. The molecule has 0 amide bonds. The Hall–Kier alpha value is -2.70. The van der Waals surface area contributed by atoms with Crippen molar-refractivity contribution < 1.29 is 4.79 Å². The van der Waals surface area contributed by atoms with Crippen molar-refractivity contribution in [1.82, 2.24) is 19.2 Å². The lowest BCUT2D eigenvalue weighted by Crippen LogP contribution is -2.31. The summed E-state index contributed by atoms with van der Waals surface area (Å²) in [5.41, 5.74) is 2.31. The van der Waals surface area contributed by atoms with Crippen LogP contribution in [0.25, 0.3) is 17.1 Å². The van der Waals surface area contributed by atoms with Gasteiger partial charge in [-0.3, -0.25) is 9.36 Å². The fourth-order valence-electron chi connectivity index (χ4n) is 4.52. The summed E-state index contributed by atoms with van der Waals surface area (Å²) >= 11 is 6.20. The van der Waals surface area contributed by atoms with Crippen LogP contribution in [0.2, 0.25) is 5.02 Å². The Labute approximate surface area is 206 Å². The predicted octanol–water partition coefficient (Wildman–Crippen LogP) is 5.00. The van der Waals surface area contributed by atoms with Crippen LogP contribution in [-0.2, 0) is 17.8 Å². The molecule has 1 fully saturated rings. The molecule has 3 aromatic rings. The number of nitrogens with zero attached hydrogens (tertiary/aromatic N) is 4. The standard InChI is InChI=1S/C27H33ClN4O2/c1-20(2)17-25(33)19-31-26(22-7-6-8-23(28)18-22)29-32(27(31)34)24-11-9-21(10-12-24)13-16-30-14-4-3-5-15-30/h6-12,18,20H,3-5,13-17,19H2,1-2H3. The van der Waals surface area contributed by atoms with E-state index in [1.54, 1.807) is 12.1 Å². The highest BCUT2D eigenvalue weighted by atomic mass is 35.5. The fourth-order valence-corrected chi connectivity index (χ4v) is 4.71. The molecule has 1 aromatic heterocycles. The molecule has 0 aliphatic carbocycles. The maximum atomic E-state index is 13.4. The number of piperidine rings is 1. The van der Waals surface area contributed by atoms with Crippen molar-refractivity contribution in [2.45, 2.75) is 52.5 Å². The van der Waals surface area contributed by atoms with E-state index in [4.69, 9.17) is 11.6 Å². The number of rotatable bonds is 9. The van der Waals surface area contributed by atoms with Gasteiger partial charge in [0.2, 0.25) is 0 Å². The van der Waals surface area contributed by atoms with E-state index in [2.05, 4.69) is 22.1 Å². The third-order valence-electron chi connectivity index (χ3n) is 6.26. The van der Waals surface area contributed by atoms with Crippen molar-refractivity contribution in [1.29, 1.82) is 0 Å². The monoisotopic (exact) mass is 480 g/mol. The van der Waals surface area contributed by atoms with Crippen LogP contribution in [0.4, 0.5) is 0 Å². The Kier molecular flexibility index (Phi) is 8.01. The van der Waals surface area contributed by atoms with Crippen LogP contribution in [0.3, 0.4) is 0 Å². The molecule has 0 radical (unpaired) electrons. The van der Waals surface area contributed by atoms with E-state index in [0.29, 0.717) is 28.5 Å². The minimum atomic E-state index is -0.326. The number of hydrogen-bond donors (Lipinski definition) is 0. The maximum absolute atomic E-state index is 13.4. The summed E-state index contributed by atoms with van der Waals surface area (Å²) in [6, 6.07) is 15.2. The lowest BCUT2D eigenvalue weighted by Gasteiger charge is -2.26. The average molecular weight is 481 g/mol. The van der Waals surface area contributed by atoms with Gasteiger partial charge >= 0.3 is 5.69 Å². The van der Waals surface area contributed by atoms with E-state index in [1.165, 1.54) is 47.2 Å². The SMILES string of the molecule is CC(C)CC(=O)Cn1c(-c2cccc(Cl)c2)nn(-c2ccc(CCN3CCCCC3)cc2)c1=O. The molecule has 0 saturated carbocycles. The first-order valence-electron chi connectivity index (χ1n) is 12.2. The van der Waals surface area contributed by atoms with Crippen molar-refractivity contribution in [3.8, 4) is 17.1 Å². The summed E-state index contributed by atoms with van der Waals surface area (Å²) < 4.78 is 2.84. The number of Topliss-reactive ketones (excluding diaryl/α,β-unsaturated/α-hetero) is 1. The number of carbonyl (C=O) groups is 1. The summed E-state index contributed by atoms with van der Waals surface area (Å²) in [7, 11) is 0. The van der Waals surface area contributed by atoms with Crippen molar-refractivity contribution in [2.24, 2.45) is 5.92 Å². The number of carbonyl (C=O) groups excluding carboxylic acids is 1. The molecule has 6 nitrogen and oxygen atoms in total. The van der Waals surface area contributed by atoms with E-state index >= 15 is 0 Å². The summed E-state index contributed by atoms with van der Waals surface area (Å²) in [5.74, 6) is 0.678. The second-order valence-electron chi connectivity index (χ2n) is 9.57. The first-order valence-corrected chi connectivity index (χ1v) is 12.6. The summed E-state index contributed by atoms with van der Waals surface area (Å²) in [6.45, 7) is 7.42. The number of hydrogen-bond acceptors (Lipinski definition) is 4. The Morgan fingerprint density at radius 3 is 2.47 bits per heavy atom. The van der Waals surface area contributed by atoms with E-state index in [1.807, 2.05) is 38.1 Å². The molecule has 4 rings (SSSR count). The highest BCUT2D eigenvalue weighted by Gasteiger charge is 2.19. The molecule has 0 N–H and O–H groups in total. The van der Waals surface area contributed by atoms with Crippen LogP contribution in [0, 0.1) is 5.92 Å². The average Bonchev–Trinajstić information content (AvgIpc) is 3.14. The van der Waals surface area contributed by atoms with E-state index < -0.39 is 0 Å². The smallest absolute Gasteiger partial charge is 0.303 e. The zero-order valence-electron chi connectivity index (χ0n) is 20.0. The normalized spacial score (nSPS) is 14.6. The van der Waals surface area contributed by atoms with Gasteiger partial charge in [0.15, 0.2) is 11.6 Å². The summed E-state index contributed by atoms with van der Waals surface area (Å²) in [5, 5.41) is 5.17. The topological polar surface area (TPSA) is 60.1 Å². The molecule has 1 aliphatic heterocycles. The largest absolute Gasteiger partial charge is 0.351 e. The Bertz CT molecular complexity index is 1170. The van der Waals surface area contributed by atoms with Gasteiger partial charge in [0, 0.05) is 23.6 Å². The Balaban J connectivity index is 1.60. The van der Waals surface area contributed by atoms with Crippen LogP contribution in [-0.4, -0.2) is 44.7 Å². The van der Waals surface area contributed by atoms with Gasteiger partial charge in [0.1, 0.15) is 0 Å². The molecule has 1 saturated heterocycles. The molecule has 180 valence electrons. The minimum absolute atomic E-state index is 0.00716. The number of ketones is 1. The van der Waals surface area contributed by atoms with Gasteiger partial charge in [-0.05, 0) is 68.1 Å². The highest BCUT2D eigenvalue weighted by molar-refractivity contribution is 6.30. The van der Waals surface area contributed by atoms with Gasteiger partial charge < -0.3 is 4.90 Å². The van der Waals surface area contributed by atoms with Gasteiger partial charge in [-0.25, -0.2) is 4.79 Å². The molecule has 1 aliphatic rings. The van der Waals surface area contributed by atoms with Gasteiger partial charge in [-0.15, -0.1) is 5.10 Å². The molecule has 0 atom stereocenters. The summed E-state index contributed by atoms with van der Waals surface area (Å²) in [6.07, 6.45) is 5.32. The van der Waals surface area contributed by atoms with E-state index in [9.17, 15) is 9.59 Å². The highest BCUT2D eigenvalue weighted by Crippen LogP contribution is 2.22. The molecule has 34 heavy (non-hydrogen) atoms. The van der Waals surface area contributed by atoms with Crippen LogP contribution in [0.5, 0.6) is 0 Å². The molecule has 2 heterocycles. The molecular formula is C27H33ClN4O2. The van der Waals surface area contributed by atoms with E-state index in [-0.39, 0.29) is 23.9 Å². The predicted molar refractivity (Wildman–Crippen MR) is 137 cm³/mol. The molecular weight excluding hydrogens is 448 g/mol. The van der Waals surface area contributed by atoms with Crippen molar-refractivity contribution in [2.75, 3.05) is 19.6 Å². The zero-order valence-corrected chi connectivity index (χ0v) is 20.8. The third kappa shape index (κ3) is 6.05. The molecule has 0 unspecified atom stereocenters. The summed E-state index contributed by atoms with van der Waals surface area (Å²) in [4.78, 5) is 28.5. The second kappa shape index (κ2) is 11.2. The maximum Gasteiger partial charge on any atom is 0.351 e. The zero-order chi connectivity index (χ0) is 24.1. The minimum Gasteiger partial charge on any atom is -0.303 e. The Morgan fingerprint density at radius 2 is 1.79 bits per heavy atom. The van der Waals surface area contributed by atoms with Crippen LogP contribution in [0.1, 0.15) is 45.1 Å². The third-order valence-corrected chi connectivity index (χ3v) is 6.50. The Morgan fingerprint density at radius 1 is 1.06 bits per heavy atom. The first kappa shape index (κ1) is 24.4. The second-order valence-corrected chi connectivity index (χ2v) is 10.0. The van der Waals surface area contributed by atoms with Gasteiger partial charge in [-0.2, -0.15) is 4.68 Å². The first-order chi connectivity index (χ1) is 16.4. The van der Waals surface area contributed by atoms with Crippen LogP contribution in [0.15, 0.2) is 53.3 Å². The van der Waals surface area contributed by atoms with Crippen molar-refractivity contribution in [3.05, 3.63) is 69.6 Å². The van der Waals surface area contributed by atoms with E-state index in [0.717, 1.165) is 13.0 Å². The fraction of sp³-hybridized carbons (Fsp3) is 0.444. The number of likely N-dealkylation sites (tertiary alicyclic amines) is 1. The van der Waals surface area contributed by atoms with Crippen LogP contribution >= 0.6 is 11.6 Å². The van der Waals surface area contributed by atoms with Crippen LogP contribution < -0.4 is 5.69 Å². The van der Waals surface area contributed by atoms with Gasteiger partial charge in [0.25, 0.3) is 0 Å². The lowest BCUT2D eigenvalue weighted by atomic mass is 10.1. The molecule has 0 spiro atoms. The number of benzene rings is 2. The molecule has 2 aromatic carbocycles. The van der Waals surface area contributed by atoms with Crippen molar-refractivity contribution in [3.63, 3.8) is 0 Å². The van der Waals surface area contributed by atoms with Crippen molar-refractivity contribution >= 4 is 17.4 Å².